The predicted octanol–water partition coefficient (Wildman–Crippen LogP) is 6.94. The third-order valence-electron chi connectivity index (χ3n) is 9.18. The molecule has 4 N–H and O–H groups in total. The maximum Gasteiger partial charge on any atom is 0.126 e. The topological polar surface area (TPSA) is 126 Å². The number of fused-ring (bicyclic) bond motifs is 2. The Labute approximate surface area is 319 Å². The smallest absolute Gasteiger partial charge is 0.126 e. The molecule has 1 aliphatic heterocycles. The molecule has 6 rings (SSSR count). The van der Waals surface area contributed by atoms with E-state index in [9.17, 15) is 0 Å². The van der Waals surface area contributed by atoms with Crippen LogP contribution in [0.4, 0.5) is 11.4 Å². The first kappa shape index (κ1) is 39.2. The second-order valence-electron chi connectivity index (χ2n) is 14.3. The molecule has 10 heteroatoms. The van der Waals surface area contributed by atoms with Crippen molar-refractivity contribution in [3.63, 3.8) is 0 Å². The van der Waals surface area contributed by atoms with Crippen molar-refractivity contribution in [2.24, 2.45) is 0 Å². The van der Waals surface area contributed by atoms with Crippen LogP contribution in [0.1, 0.15) is 72.2 Å². The first-order valence-electron chi connectivity index (χ1n) is 19.2. The van der Waals surface area contributed by atoms with E-state index >= 15 is 0 Å². The van der Waals surface area contributed by atoms with Crippen molar-refractivity contribution in [1.82, 2.24) is 0 Å². The van der Waals surface area contributed by atoms with Crippen LogP contribution < -0.4 is 30.4 Å². The van der Waals surface area contributed by atoms with E-state index in [2.05, 4.69) is 36.4 Å². The molecule has 0 amide bonds. The maximum atomic E-state index is 6.68. The van der Waals surface area contributed by atoms with Crippen LogP contribution in [0.5, 0.6) is 23.0 Å². The SMILES string of the molecule is CC(C)Oc1c2cc(N)cc1Cc1cccc3c1OCCOCCOCCOCCOCCOc1c(cccc1Cc1cc(N)cc(c1OC(C)C)C3)C2. The largest absolute Gasteiger partial charge is 0.491 e. The summed E-state index contributed by atoms with van der Waals surface area (Å²) in [6, 6.07) is 20.7. The number of anilines is 2. The van der Waals surface area contributed by atoms with E-state index in [1.807, 2.05) is 52.0 Å². The molecule has 0 saturated carbocycles. The minimum Gasteiger partial charge on any atom is -0.491 e. The Morgan fingerprint density at radius 3 is 0.981 bits per heavy atom. The molecule has 0 unspecified atom stereocenters. The van der Waals surface area contributed by atoms with Gasteiger partial charge in [0.05, 0.1) is 65.1 Å². The fourth-order valence-corrected chi connectivity index (χ4v) is 7.05. The van der Waals surface area contributed by atoms with Crippen molar-refractivity contribution in [1.29, 1.82) is 0 Å². The molecule has 1 aliphatic carbocycles. The Bertz CT molecular complexity index is 1620. The number of rotatable bonds is 4. The van der Waals surface area contributed by atoms with Crippen LogP contribution in [0.3, 0.4) is 0 Å². The molecule has 10 bridgehead atoms. The molecule has 2 aliphatic rings. The predicted molar refractivity (Wildman–Crippen MR) is 212 cm³/mol. The molecule has 0 aromatic heterocycles. The van der Waals surface area contributed by atoms with Gasteiger partial charge >= 0.3 is 0 Å². The van der Waals surface area contributed by atoms with Crippen LogP contribution in [0.15, 0.2) is 60.7 Å². The molecule has 290 valence electrons. The molecule has 4 aromatic rings. The minimum absolute atomic E-state index is 0.0611. The number of nitrogens with two attached hydrogens (primary N) is 2. The lowest BCUT2D eigenvalue weighted by Gasteiger charge is -2.24. The lowest BCUT2D eigenvalue weighted by atomic mass is 9.90. The van der Waals surface area contributed by atoms with Crippen molar-refractivity contribution in [2.75, 3.05) is 77.5 Å². The van der Waals surface area contributed by atoms with Crippen LogP contribution in [0, 0.1) is 0 Å². The molecule has 0 spiro atoms. The van der Waals surface area contributed by atoms with Crippen LogP contribution in [-0.4, -0.2) is 78.3 Å². The zero-order chi connectivity index (χ0) is 37.9. The Morgan fingerprint density at radius 2 is 0.704 bits per heavy atom. The number of nitrogen functional groups attached to an aromatic ring is 2. The average molecular weight is 741 g/mol. The second kappa shape index (κ2) is 19.2. The molecule has 0 fully saturated rings. The molecule has 4 aromatic carbocycles. The number of ether oxygens (including phenoxy) is 8. The Morgan fingerprint density at radius 1 is 0.426 bits per heavy atom. The van der Waals surface area contributed by atoms with Gasteiger partial charge in [-0.3, -0.25) is 0 Å². The van der Waals surface area contributed by atoms with Crippen molar-refractivity contribution in [2.45, 2.75) is 65.6 Å². The van der Waals surface area contributed by atoms with Crippen molar-refractivity contribution >= 4 is 11.4 Å². The van der Waals surface area contributed by atoms with Crippen LogP contribution in [0.2, 0.25) is 0 Å². The summed E-state index contributed by atoms with van der Waals surface area (Å²) in [5.41, 5.74) is 22.7. The molecular formula is C44H56N2O8. The van der Waals surface area contributed by atoms with Gasteiger partial charge in [-0.05, 0) is 74.2 Å². The quantitative estimate of drug-likeness (QED) is 0.187. The molecule has 0 radical (unpaired) electrons. The van der Waals surface area contributed by atoms with Gasteiger partial charge in [0.2, 0.25) is 0 Å². The van der Waals surface area contributed by atoms with Crippen molar-refractivity contribution in [3.8, 4) is 23.0 Å². The van der Waals surface area contributed by atoms with Gasteiger partial charge < -0.3 is 49.4 Å². The number of para-hydroxylation sites is 2. The van der Waals surface area contributed by atoms with Gasteiger partial charge in [-0.15, -0.1) is 0 Å². The molecule has 1 heterocycles. The van der Waals surface area contributed by atoms with E-state index in [-0.39, 0.29) is 12.2 Å². The summed E-state index contributed by atoms with van der Waals surface area (Å²) >= 11 is 0. The van der Waals surface area contributed by atoms with E-state index < -0.39 is 0 Å². The monoisotopic (exact) mass is 740 g/mol. The van der Waals surface area contributed by atoms with E-state index in [0.29, 0.717) is 103 Å². The van der Waals surface area contributed by atoms with E-state index in [4.69, 9.17) is 49.4 Å². The Kier molecular flexibility index (Phi) is 14.0. The summed E-state index contributed by atoms with van der Waals surface area (Å²) in [6.45, 7) is 12.5. The van der Waals surface area contributed by atoms with Crippen molar-refractivity contribution < 1.29 is 37.9 Å². The molecule has 0 atom stereocenters. The van der Waals surface area contributed by atoms with Crippen LogP contribution in [-0.2, 0) is 44.6 Å². The highest BCUT2D eigenvalue weighted by Gasteiger charge is 2.23. The highest BCUT2D eigenvalue weighted by atomic mass is 16.6. The van der Waals surface area contributed by atoms with Gasteiger partial charge in [0, 0.05) is 59.3 Å². The molecule has 54 heavy (non-hydrogen) atoms. The summed E-state index contributed by atoms with van der Waals surface area (Å²) in [5.74, 6) is 3.24. The van der Waals surface area contributed by atoms with Gasteiger partial charge in [0.15, 0.2) is 0 Å². The van der Waals surface area contributed by atoms with Crippen molar-refractivity contribution in [3.05, 3.63) is 105 Å². The average Bonchev–Trinajstić information content (AvgIpc) is 3.11. The first-order chi connectivity index (χ1) is 26.2. The van der Waals surface area contributed by atoms with Gasteiger partial charge in [-0.25, -0.2) is 0 Å². The molecule has 0 saturated heterocycles. The summed E-state index contributed by atoms with van der Waals surface area (Å²) in [5, 5.41) is 0. The number of hydrogen-bond acceptors (Lipinski definition) is 10. The molecular weight excluding hydrogens is 684 g/mol. The van der Waals surface area contributed by atoms with Crippen LogP contribution in [0.25, 0.3) is 0 Å². The second-order valence-corrected chi connectivity index (χ2v) is 14.3. The standard InChI is InChI=1S/C44H56N2O8/c1-29(2)53-43-35-21-31-7-5-9-33-23-37-27-40(46)28-38(44(37)54-30(3)4)24-34-10-6-8-32(22-36(43)26-39(45)25-35)42(34)52-20-18-50-16-14-48-12-11-47-13-15-49-17-19-51-41(31)33/h5-10,25-30H,11-24,45-46H2,1-4H3. The summed E-state index contributed by atoms with van der Waals surface area (Å²) in [4.78, 5) is 0. The summed E-state index contributed by atoms with van der Waals surface area (Å²) in [7, 11) is 0. The van der Waals surface area contributed by atoms with Gasteiger partial charge in [0.25, 0.3) is 0 Å². The summed E-state index contributed by atoms with van der Waals surface area (Å²) in [6.07, 6.45) is 2.04. The Balaban J connectivity index is 1.54. The Hall–Kier alpha value is -4.48. The summed E-state index contributed by atoms with van der Waals surface area (Å²) < 4.78 is 49.8. The number of benzene rings is 4. The zero-order valence-electron chi connectivity index (χ0n) is 32.2. The van der Waals surface area contributed by atoms with Gasteiger partial charge in [-0.2, -0.15) is 0 Å². The lowest BCUT2D eigenvalue weighted by Crippen LogP contribution is -2.15. The fraction of sp³-hybridized carbons (Fsp3) is 0.455. The van der Waals surface area contributed by atoms with Crippen LogP contribution >= 0.6 is 0 Å². The normalized spacial score (nSPS) is 16.3. The highest BCUT2D eigenvalue weighted by molar-refractivity contribution is 5.61. The van der Waals surface area contributed by atoms with E-state index in [1.165, 1.54) is 0 Å². The third-order valence-corrected chi connectivity index (χ3v) is 9.18. The first-order valence-corrected chi connectivity index (χ1v) is 19.2. The zero-order valence-corrected chi connectivity index (χ0v) is 32.2. The number of hydrogen-bond donors (Lipinski definition) is 2. The van der Waals surface area contributed by atoms with E-state index in [1.54, 1.807) is 0 Å². The fourth-order valence-electron chi connectivity index (χ4n) is 7.05. The van der Waals surface area contributed by atoms with E-state index in [0.717, 1.165) is 67.5 Å². The highest BCUT2D eigenvalue weighted by Crippen LogP contribution is 2.40. The lowest BCUT2D eigenvalue weighted by molar-refractivity contribution is -0.00706. The van der Waals surface area contributed by atoms with Gasteiger partial charge in [0.1, 0.15) is 36.2 Å². The maximum absolute atomic E-state index is 6.68. The van der Waals surface area contributed by atoms with Gasteiger partial charge in [-0.1, -0.05) is 36.4 Å². The minimum atomic E-state index is -0.0611. The molecule has 10 nitrogen and oxygen atoms in total. The third kappa shape index (κ3) is 10.6.